The Kier molecular flexibility index (Phi) is 5.47. The summed E-state index contributed by atoms with van der Waals surface area (Å²) in [6, 6.07) is 63.3. The Hall–Kier alpha value is -7.04. The summed E-state index contributed by atoms with van der Waals surface area (Å²) in [7, 11) is 0. The zero-order valence-corrected chi connectivity index (χ0v) is 28.0. The van der Waals surface area contributed by atoms with E-state index in [1.54, 1.807) is 0 Å². The number of para-hydroxylation sites is 6. The Balaban J connectivity index is 1.46. The second-order valence-electron chi connectivity index (χ2n) is 13.6. The van der Waals surface area contributed by atoms with Gasteiger partial charge in [-0.3, -0.25) is 0 Å². The molecular weight excluding hydrogens is 635 g/mol. The second kappa shape index (κ2) is 10.3. The monoisotopic (exact) mass is 663 g/mol. The first-order valence-corrected chi connectivity index (χ1v) is 17.8. The van der Waals surface area contributed by atoms with Crippen molar-refractivity contribution in [2.24, 2.45) is 0 Å². The van der Waals surface area contributed by atoms with Gasteiger partial charge in [0, 0.05) is 49.1 Å². The van der Waals surface area contributed by atoms with Gasteiger partial charge in [-0.1, -0.05) is 115 Å². The summed E-state index contributed by atoms with van der Waals surface area (Å²) in [5.74, 6) is 0. The molecule has 0 saturated carbocycles. The lowest BCUT2D eigenvalue weighted by Gasteiger charge is -2.14. The lowest BCUT2D eigenvalue weighted by Crippen LogP contribution is -1.98. The zero-order chi connectivity index (χ0) is 33.9. The molecule has 12 rings (SSSR count). The van der Waals surface area contributed by atoms with Gasteiger partial charge in [0.2, 0.25) is 0 Å². The second-order valence-corrected chi connectivity index (χ2v) is 13.6. The molecule has 0 N–H and O–H groups in total. The SMILES string of the molecule is c1ccc(-n2c3ccccc3c3c2c2c4ccccc4n(-c4cccc5oc6ccccc6c45)c2c2c4ccccc4n(-c4ccccc4)c32)cc1. The van der Waals surface area contributed by atoms with E-state index < -0.39 is 0 Å². The standard InChI is InChI=1S/C48H29N3O/c1-3-16-30(17-4-1)49-36-24-11-7-20-32(36)43-46-44(33-21-8-12-25-37(33)50(46)31-18-5-2-6-19-31)48-45(47(43)49)34-22-9-13-26-38(34)51(48)39-27-15-29-41-42(39)35-23-10-14-28-40(35)52-41/h1-29H. The fraction of sp³-hybridized carbons (Fsp3) is 0. The molecule has 0 aliphatic carbocycles. The number of rotatable bonds is 3. The average Bonchev–Trinajstić information content (AvgIpc) is 3.95. The fourth-order valence-corrected chi connectivity index (χ4v) is 9.03. The summed E-state index contributed by atoms with van der Waals surface area (Å²) in [5, 5.41) is 9.61. The van der Waals surface area contributed by atoms with E-state index in [2.05, 4.69) is 184 Å². The molecule has 0 spiro atoms. The molecule has 242 valence electrons. The van der Waals surface area contributed by atoms with Crippen LogP contribution in [-0.2, 0) is 0 Å². The summed E-state index contributed by atoms with van der Waals surface area (Å²) in [6.07, 6.45) is 0. The van der Waals surface area contributed by atoms with Crippen LogP contribution in [-0.4, -0.2) is 13.7 Å². The van der Waals surface area contributed by atoms with Crippen LogP contribution in [0.2, 0.25) is 0 Å². The number of benzene rings is 8. The summed E-state index contributed by atoms with van der Waals surface area (Å²) in [4.78, 5) is 0. The van der Waals surface area contributed by atoms with Crippen LogP contribution in [0.3, 0.4) is 0 Å². The number of hydrogen-bond acceptors (Lipinski definition) is 1. The summed E-state index contributed by atoms with van der Waals surface area (Å²) >= 11 is 0. The minimum Gasteiger partial charge on any atom is -0.456 e. The van der Waals surface area contributed by atoms with Crippen molar-refractivity contribution in [3.8, 4) is 17.1 Å². The normalized spacial score (nSPS) is 12.2. The van der Waals surface area contributed by atoms with Gasteiger partial charge in [-0.05, 0) is 60.7 Å². The van der Waals surface area contributed by atoms with Gasteiger partial charge in [0.1, 0.15) is 11.2 Å². The molecule has 0 radical (unpaired) electrons. The van der Waals surface area contributed by atoms with Crippen LogP contribution in [0.5, 0.6) is 0 Å². The molecule has 0 bridgehead atoms. The number of furan rings is 1. The molecule has 8 aromatic carbocycles. The molecule has 4 aromatic heterocycles. The molecule has 0 saturated heterocycles. The van der Waals surface area contributed by atoms with Crippen molar-refractivity contribution in [3.63, 3.8) is 0 Å². The van der Waals surface area contributed by atoms with E-state index >= 15 is 0 Å². The van der Waals surface area contributed by atoms with Gasteiger partial charge in [-0.25, -0.2) is 0 Å². The first kappa shape index (κ1) is 27.7. The van der Waals surface area contributed by atoms with Crippen LogP contribution in [0.25, 0.3) is 104 Å². The Morgan fingerprint density at radius 1 is 0.288 bits per heavy atom. The third-order valence-electron chi connectivity index (χ3n) is 11.0. The zero-order valence-electron chi connectivity index (χ0n) is 28.0. The number of nitrogens with zero attached hydrogens (tertiary/aromatic N) is 3. The van der Waals surface area contributed by atoms with Gasteiger partial charge in [0.15, 0.2) is 0 Å². The molecular formula is C48H29N3O. The molecule has 0 atom stereocenters. The number of aromatic nitrogens is 3. The van der Waals surface area contributed by atoms with Crippen LogP contribution in [0.1, 0.15) is 0 Å². The van der Waals surface area contributed by atoms with E-state index in [1.807, 2.05) is 6.07 Å². The van der Waals surface area contributed by atoms with E-state index in [9.17, 15) is 0 Å². The van der Waals surface area contributed by atoms with Crippen molar-refractivity contribution in [1.29, 1.82) is 0 Å². The van der Waals surface area contributed by atoms with Crippen molar-refractivity contribution in [2.75, 3.05) is 0 Å². The van der Waals surface area contributed by atoms with Crippen LogP contribution in [0.4, 0.5) is 0 Å². The summed E-state index contributed by atoms with van der Waals surface area (Å²) in [5.41, 5.74) is 12.3. The van der Waals surface area contributed by atoms with Gasteiger partial charge < -0.3 is 18.1 Å². The molecule has 0 fully saturated rings. The topological polar surface area (TPSA) is 27.9 Å². The molecule has 4 heteroatoms. The maximum Gasteiger partial charge on any atom is 0.137 e. The maximum absolute atomic E-state index is 6.50. The highest BCUT2D eigenvalue weighted by Crippen LogP contribution is 2.50. The van der Waals surface area contributed by atoms with E-state index in [0.29, 0.717) is 0 Å². The highest BCUT2D eigenvalue weighted by atomic mass is 16.3. The van der Waals surface area contributed by atoms with Gasteiger partial charge in [-0.2, -0.15) is 0 Å². The molecule has 0 amide bonds. The first-order chi connectivity index (χ1) is 25.9. The van der Waals surface area contributed by atoms with Crippen LogP contribution in [0.15, 0.2) is 180 Å². The summed E-state index contributed by atoms with van der Waals surface area (Å²) < 4.78 is 14.0. The Morgan fingerprint density at radius 2 is 0.692 bits per heavy atom. The predicted molar refractivity (Wildman–Crippen MR) is 217 cm³/mol. The molecule has 4 nitrogen and oxygen atoms in total. The quantitative estimate of drug-likeness (QED) is 0.185. The Morgan fingerprint density at radius 3 is 1.23 bits per heavy atom. The van der Waals surface area contributed by atoms with Crippen molar-refractivity contribution in [2.45, 2.75) is 0 Å². The Labute approximate surface area is 297 Å². The Bertz CT molecular complexity index is 3320. The van der Waals surface area contributed by atoms with Crippen molar-refractivity contribution >= 4 is 87.4 Å². The molecule has 0 unspecified atom stereocenters. The fourth-order valence-electron chi connectivity index (χ4n) is 9.03. The number of hydrogen-bond donors (Lipinski definition) is 0. The van der Waals surface area contributed by atoms with Gasteiger partial charge in [-0.15, -0.1) is 0 Å². The molecule has 52 heavy (non-hydrogen) atoms. The summed E-state index contributed by atoms with van der Waals surface area (Å²) in [6.45, 7) is 0. The van der Waals surface area contributed by atoms with Crippen molar-refractivity contribution in [3.05, 3.63) is 176 Å². The maximum atomic E-state index is 6.50. The molecule has 0 aliphatic heterocycles. The highest BCUT2D eigenvalue weighted by molar-refractivity contribution is 6.40. The predicted octanol–water partition coefficient (Wildman–Crippen LogP) is 12.9. The van der Waals surface area contributed by atoms with Crippen LogP contribution in [0, 0.1) is 0 Å². The molecule has 0 aliphatic rings. The smallest absolute Gasteiger partial charge is 0.137 e. The van der Waals surface area contributed by atoms with E-state index in [1.165, 1.54) is 59.9 Å². The van der Waals surface area contributed by atoms with E-state index in [-0.39, 0.29) is 0 Å². The third kappa shape index (κ3) is 3.50. The van der Waals surface area contributed by atoms with Crippen molar-refractivity contribution in [1.82, 2.24) is 13.7 Å². The van der Waals surface area contributed by atoms with Crippen molar-refractivity contribution < 1.29 is 4.42 Å². The average molecular weight is 664 g/mol. The minimum atomic E-state index is 0.882. The number of fused-ring (bicyclic) bond motifs is 15. The third-order valence-corrected chi connectivity index (χ3v) is 11.0. The lowest BCUT2D eigenvalue weighted by molar-refractivity contribution is 0.669. The minimum absolute atomic E-state index is 0.882. The van der Waals surface area contributed by atoms with Gasteiger partial charge >= 0.3 is 0 Å². The van der Waals surface area contributed by atoms with Crippen LogP contribution < -0.4 is 0 Å². The lowest BCUT2D eigenvalue weighted by atomic mass is 10.0. The van der Waals surface area contributed by atoms with E-state index in [4.69, 9.17) is 4.42 Å². The van der Waals surface area contributed by atoms with Gasteiger partial charge in [0.05, 0.1) is 44.2 Å². The van der Waals surface area contributed by atoms with Gasteiger partial charge in [0.25, 0.3) is 0 Å². The van der Waals surface area contributed by atoms with E-state index in [0.717, 1.165) is 44.5 Å². The highest BCUT2D eigenvalue weighted by Gasteiger charge is 2.29. The first-order valence-electron chi connectivity index (χ1n) is 17.8. The van der Waals surface area contributed by atoms with Crippen LogP contribution >= 0.6 is 0 Å². The molecule has 12 aromatic rings. The largest absolute Gasteiger partial charge is 0.456 e. The molecule has 4 heterocycles.